The molecule has 5 atom stereocenters. The number of benzene rings is 2. The van der Waals surface area contributed by atoms with Gasteiger partial charge in [0.05, 0.1) is 18.2 Å². The summed E-state index contributed by atoms with van der Waals surface area (Å²) in [6.07, 6.45) is 9.45. The zero-order valence-electron chi connectivity index (χ0n) is 32.5. The zero-order chi connectivity index (χ0) is 36.2. The lowest BCUT2D eigenvalue weighted by atomic mass is 9.81. The molecule has 1 saturated carbocycles. The molecule has 1 aliphatic carbocycles. The Morgan fingerprint density at radius 3 is 2.12 bits per heavy atom. The Balaban J connectivity index is 1.87. The second-order valence-electron chi connectivity index (χ2n) is 16.8. The normalized spacial score (nSPS) is 17.6. The Labute approximate surface area is 300 Å². The van der Waals surface area contributed by atoms with Crippen molar-refractivity contribution in [2.75, 3.05) is 11.9 Å². The van der Waals surface area contributed by atoms with Crippen LogP contribution in [0, 0.1) is 30.6 Å². The third kappa shape index (κ3) is 13.0. The van der Waals surface area contributed by atoms with Crippen molar-refractivity contribution in [3.63, 3.8) is 0 Å². The van der Waals surface area contributed by atoms with E-state index in [4.69, 9.17) is 4.43 Å². The van der Waals surface area contributed by atoms with Crippen molar-refractivity contribution in [3.05, 3.63) is 65.7 Å². The molecule has 2 amide bonds. The van der Waals surface area contributed by atoms with Gasteiger partial charge < -0.3 is 15.1 Å². The first-order valence-corrected chi connectivity index (χ1v) is 22.1. The molecule has 1 aliphatic rings. The van der Waals surface area contributed by atoms with Crippen molar-refractivity contribution in [1.29, 1.82) is 0 Å². The summed E-state index contributed by atoms with van der Waals surface area (Å²) in [5.74, 6) is -0.0108. The quantitative estimate of drug-likeness (QED) is 0.136. The van der Waals surface area contributed by atoms with Gasteiger partial charge in [0, 0.05) is 11.6 Å². The van der Waals surface area contributed by atoms with E-state index < -0.39 is 14.4 Å². The van der Waals surface area contributed by atoms with Gasteiger partial charge in [0.1, 0.15) is 0 Å². The van der Waals surface area contributed by atoms with Crippen molar-refractivity contribution >= 4 is 25.8 Å². The van der Waals surface area contributed by atoms with Crippen LogP contribution >= 0.6 is 0 Å². The van der Waals surface area contributed by atoms with Crippen LogP contribution in [0.4, 0.5) is 5.69 Å². The topological polar surface area (TPSA) is 79.5 Å². The van der Waals surface area contributed by atoms with Crippen LogP contribution in [-0.2, 0) is 20.4 Å². The summed E-state index contributed by atoms with van der Waals surface area (Å²) in [6, 6.07) is 18.6. The van der Waals surface area contributed by atoms with Gasteiger partial charge in [-0.2, -0.15) is 0 Å². The molecule has 6 nitrogen and oxygen atoms in total. The lowest BCUT2D eigenvalue weighted by Crippen LogP contribution is -2.53. The predicted octanol–water partition coefficient (Wildman–Crippen LogP) is 9.69. The molecular formula is C42H69N3O3Si. The van der Waals surface area contributed by atoms with Crippen LogP contribution in [0.25, 0.3) is 0 Å². The maximum atomic E-state index is 14.2. The van der Waals surface area contributed by atoms with Crippen molar-refractivity contribution in [2.24, 2.45) is 23.7 Å². The summed E-state index contributed by atoms with van der Waals surface area (Å²) >= 11 is 0. The summed E-state index contributed by atoms with van der Waals surface area (Å²) in [6.45, 7) is 22.6. The molecule has 1 fully saturated rings. The maximum Gasteiger partial charge on any atom is 0.243 e. The molecule has 0 unspecified atom stereocenters. The van der Waals surface area contributed by atoms with Gasteiger partial charge >= 0.3 is 0 Å². The molecular weight excluding hydrogens is 623 g/mol. The molecule has 2 aromatic rings. The predicted molar refractivity (Wildman–Crippen MR) is 209 cm³/mol. The third-order valence-electron chi connectivity index (χ3n) is 11.4. The molecule has 0 saturated heterocycles. The van der Waals surface area contributed by atoms with Gasteiger partial charge in [0.25, 0.3) is 0 Å². The van der Waals surface area contributed by atoms with Crippen LogP contribution in [0.2, 0.25) is 18.1 Å². The number of imide groups is 1. The van der Waals surface area contributed by atoms with Gasteiger partial charge in [-0.05, 0) is 86.3 Å². The number of hydrogen-bond acceptors (Lipinski definition) is 5. The highest BCUT2D eigenvalue weighted by Crippen LogP contribution is 2.40. The van der Waals surface area contributed by atoms with Crippen molar-refractivity contribution in [2.45, 2.75) is 149 Å². The van der Waals surface area contributed by atoms with E-state index in [0.29, 0.717) is 18.9 Å². The van der Waals surface area contributed by atoms with E-state index in [9.17, 15) is 9.59 Å². The first-order chi connectivity index (χ1) is 23.1. The Kier molecular flexibility index (Phi) is 16.1. The van der Waals surface area contributed by atoms with Crippen molar-refractivity contribution in [1.82, 2.24) is 10.6 Å². The fraction of sp³-hybridized carbons (Fsp3) is 0.667. The van der Waals surface area contributed by atoms with Crippen LogP contribution in [0.15, 0.2) is 54.6 Å². The minimum Gasteiger partial charge on any atom is -0.412 e. The number of carbonyl (C=O) groups excluding carboxylic acids is 2. The molecule has 274 valence electrons. The van der Waals surface area contributed by atoms with E-state index >= 15 is 0 Å². The van der Waals surface area contributed by atoms with E-state index in [1.54, 1.807) is 0 Å². The molecule has 0 heterocycles. The van der Waals surface area contributed by atoms with Crippen LogP contribution in [0.1, 0.15) is 111 Å². The van der Waals surface area contributed by atoms with E-state index in [1.807, 2.05) is 18.2 Å². The Hall–Kier alpha value is -2.48. The SMILES string of the molecule is CC[C@H](C)[C@H](NCCc1ccccc1)C(=O)NC(=O)[C@@H](C[C@H](O[Si](C)(C)C(C)(C)C)[C@H](CC1CCCCC1)Nc1ccc(C)cc1)C(C)C. The van der Waals surface area contributed by atoms with Crippen molar-refractivity contribution in [3.8, 4) is 0 Å². The lowest BCUT2D eigenvalue weighted by Gasteiger charge is -2.43. The average molecular weight is 692 g/mol. The van der Waals surface area contributed by atoms with Gasteiger partial charge in [-0.25, -0.2) is 0 Å². The number of aryl methyl sites for hydroxylation is 1. The van der Waals surface area contributed by atoms with Crippen LogP contribution in [0.3, 0.4) is 0 Å². The largest absolute Gasteiger partial charge is 0.412 e. The highest BCUT2D eigenvalue weighted by molar-refractivity contribution is 6.74. The van der Waals surface area contributed by atoms with E-state index in [2.05, 4.69) is 121 Å². The zero-order valence-corrected chi connectivity index (χ0v) is 33.5. The summed E-state index contributed by atoms with van der Waals surface area (Å²) < 4.78 is 7.34. The number of nitrogens with one attached hydrogen (secondary N) is 3. The Morgan fingerprint density at radius 1 is 0.918 bits per heavy atom. The first-order valence-electron chi connectivity index (χ1n) is 19.2. The second kappa shape index (κ2) is 19.2. The summed E-state index contributed by atoms with van der Waals surface area (Å²) in [5.41, 5.74) is 3.55. The van der Waals surface area contributed by atoms with Crippen LogP contribution in [0.5, 0.6) is 0 Å². The highest BCUT2D eigenvalue weighted by atomic mass is 28.4. The molecule has 3 N–H and O–H groups in total. The van der Waals surface area contributed by atoms with Gasteiger partial charge in [-0.3, -0.25) is 14.9 Å². The molecule has 0 aliphatic heterocycles. The minimum absolute atomic E-state index is 0.0188. The van der Waals surface area contributed by atoms with E-state index in [0.717, 1.165) is 24.9 Å². The molecule has 2 aromatic carbocycles. The summed E-state index contributed by atoms with van der Waals surface area (Å²) in [4.78, 5) is 28.0. The number of rotatable bonds is 18. The second-order valence-corrected chi connectivity index (χ2v) is 21.5. The number of hydrogen-bond donors (Lipinski definition) is 3. The summed E-state index contributed by atoms with van der Waals surface area (Å²) in [7, 11) is -2.22. The van der Waals surface area contributed by atoms with E-state index in [-0.39, 0.29) is 46.8 Å². The number of carbonyl (C=O) groups is 2. The molecule has 0 bridgehead atoms. The monoisotopic (exact) mass is 692 g/mol. The average Bonchev–Trinajstić information content (AvgIpc) is 3.05. The first kappa shape index (κ1) is 40.9. The molecule has 0 spiro atoms. The van der Waals surface area contributed by atoms with Crippen molar-refractivity contribution < 1.29 is 14.0 Å². The van der Waals surface area contributed by atoms with E-state index in [1.165, 1.54) is 43.2 Å². The van der Waals surface area contributed by atoms with Crippen LogP contribution in [-0.4, -0.2) is 44.9 Å². The van der Waals surface area contributed by atoms with Gasteiger partial charge in [-0.1, -0.05) is 135 Å². The molecule has 0 radical (unpaired) electrons. The Bertz CT molecular complexity index is 1270. The minimum atomic E-state index is -2.22. The number of amides is 2. The Morgan fingerprint density at radius 2 is 1.55 bits per heavy atom. The molecule has 7 heteroatoms. The smallest absolute Gasteiger partial charge is 0.243 e. The fourth-order valence-corrected chi connectivity index (χ4v) is 8.20. The maximum absolute atomic E-state index is 14.2. The van der Waals surface area contributed by atoms with Gasteiger partial charge in [-0.15, -0.1) is 0 Å². The number of anilines is 1. The van der Waals surface area contributed by atoms with Crippen LogP contribution < -0.4 is 16.0 Å². The lowest BCUT2D eigenvalue weighted by molar-refractivity contribution is -0.136. The third-order valence-corrected chi connectivity index (χ3v) is 15.9. The highest BCUT2D eigenvalue weighted by Gasteiger charge is 2.43. The van der Waals surface area contributed by atoms with Gasteiger partial charge in [0.15, 0.2) is 8.32 Å². The molecule has 49 heavy (non-hydrogen) atoms. The fourth-order valence-electron chi connectivity index (χ4n) is 6.83. The standard InChI is InChI=1S/C42H69N3O3Si/c1-11-32(5)39(43-27-26-33-18-14-12-15-19-33)41(47)45-40(46)36(30(2)3)29-38(48-49(9,10)42(6,7)8)37(28-34-20-16-13-17-21-34)44-35-24-22-31(4)23-25-35/h12,14-15,18-19,22-25,30,32,34,36-39,43-44H,11,13,16-17,20-21,26-29H2,1-10H3,(H,45,46,47)/t32-,36-,37-,38-,39-/m0/s1. The molecule has 3 rings (SSSR count). The molecule has 0 aromatic heterocycles. The van der Waals surface area contributed by atoms with Gasteiger partial charge in [0.2, 0.25) is 11.8 Å². The summed E-state index contributed by atoms with van der Waals surface area (Å²) in [5, 5.41) is 10.3.